The van der Waals surface area contributed by atoms with E-state index in [0.29, 0.717) is 12.0 Å². The first-order valence-electron chi connectivity index (χ1n) is 10.6. The van der Waals surface area contributed by atoms with E-state index in [2.05, 4.69) is 20.7 Å². The first-order chi connectivity index (χ1) is 14.9. The Morgan fingerprint density at radius 2 is 2.06 bits per heavy atom. The predicted molar refractivity (Wildman–Crippen MR) is 116 cm³/mol. The largest absolute Gasteiger partial charge is 0.351 e. The number of rotatable bonds is 5. The van der Waals surface area contributed by atoms with Crippen LogP contribution in [0.3, 0.4) is 0 Å². The molecule has 31 heavy (non-hydrogen) atoms. The van der Waals surface area contributed by atoms with E-state index < -0.39 is 5.54 Å². The van der Waals surface area contributed by atoms with Crippen molar-refractivity contribution in [2.75, 3.05) is 14.1 Å². The SMILES string of the molecule is CN1C(=O)c2cc(C=O)nn2CC1(C)C(=O)NC1CCCC1.CNCc1ccccn1. The van der Waals surface area contributed by atoms with Gasteiger partial charge >= 0.3 is 0 Å². The van der Waals surface area contributed by atoms with Crippen molar-refractivity contribution in [2.45, 2.75) is 57.3 Å². The molecule has 2 N–H and O–H groups in total. The van der Waals surface area contributed by atoms with Crippen LogP contribution in [0.25, 0.3) is 0 Å². The molecule has 0 radical (unpaired) electrons. The Hall–Kier alpha value is -3.07. The summed E-state index contributed by atoms with van der Waals surface area (Å²) in [5.74, 6) is -0.458. The number of aromatic nitrogens is 3. The van der Waals surface area contributed by atoms with Crippen molar-refractivity contribution >= 4 is 18.1 Å². The topological polar surface area (TPSA) is 109 Å². The molecule has 2 aromatic rings. The van der Waals surface area contributed by atoms with Crippen molar-refractivity contribution in [3.8, 4) is 0 Å². The minimum absolute atomic E-state index is 0.163. The smallest absolute Gasteiger partial charge is 0.272 e. The maximum absolute atomic E-state index is 12.7. The monoisotopic (exact) mass is 426 g/mol. The second-order valence-corrected chi connectivity index (χ2v) is 8.17. The Labute approximate surface area is 182 Å². The van der Waals surface area contributed by atoms with Gasteiger partial charge in [0.15, 0.2) is 6.29 Å². The van der Waals surface area contributed by atoms with Gasteiger partial charge in [-0.3, -0.25) is 24.0 Å². The Morgan fingerprint density at radius 3 is 2.68 bits per heavy atom. The molecule has 1 saturated carbocycles. The van der Waals surface area contributed by atoms with Crippen molar-refractivity contribution in [1.82, 2.24) is 30.3 Å². The highest BCUT2D eigenvalue weighted by Crippen LogP contribution is 2.27. The molecular weight excluding hydrogens is 396 g/mol. The number of hydrogen-bond donors (Lipinski definition) is 2. The number of carbonyl (C=O) groups excluding carboxylic acids is 3. The fourth-order valence-electron chi connectivity index (χ4n) is 3.90. The van der Waals surface area contributed by atoms with E-state index in [-0.39, 0.29) is 30.1 Å². The summed E-state index contributed by atoms with van der Waals surface area (Å²) in [6.07, 6.45) is 6.63. The molecule has 9 heteroatoms. The first-order valence-corrected chi connectivity index (χ1v) is 10.6. The summed E-state index contributed by atoms with van der Waals surface area (Å²) < 4.78 is 1.46. The molecule has 9 nitrogen and oxygen atoms in total. The minimum atomic E-state index is -1.00. The highest BCUT2D eigenvalue weighted by Gasteiger charge is 2.46. The van der Waals surface area contributed by atoms with Crippen LogP contribution < -0.4 is 10.6 Å². The van der Waals surface area contributed by atoms with E-state index in [0.717, 1.165) is 37.9 Å². The third kappa shape index (κ3) is 4.99. The van der Waals surface area contributed by atoms with Gasteiger partial charge in [0, 0.05) is 25.8 Å². The molecule has 166 valence electrons. The number of nitrogens with zero attached hydrogens (tertiary/aromatic N) is 4. The van der Waals surface area contributed by atoms with Gasteiger partial charge in [-0.05, 0) is 45.0 Å². The maximum atomic E-state index is 12.7. The van der Waals surface area contributed by atoms with E-state index in [1.54, 1.807) is 20.2 Å². The van der Waals surface area contributed by atoms with E-state index in [9.17, 15) is 14.4 Å². The van der Waals surface area contributed by atoms with Crippen LogP contribution in [0.4, 0.5) is 0 Å². The second-order valence-electron chi connectivity index (χ2n) is 8.17. The third-order valence-electron chi connectivity index (χ3n) is 5.90. The molecule has 2 aromatic heterocycles. The standard InChI is InChI=1S/C15H20N4O3.C7H10N2/c1-15(14(22)16-10-5-3-4-6-10)9-19-12(13(21)18(15)2)7-11(8-20)17-19;1-8-6-7-4-2-3-5-9-7/h7-8,10H,3-6,9H2,1-2H3,(H,16,22);2-5,8H,6H2,1H3. The zero-order valence-corrected chi connectivity index (χ0v) is 18.3. The van der Waals surface area contributed by atoms with Gasteiger partial charge in [-0.1, -0.05) is 18.9 Å². The Morgan fingerprint density at radius 1 is 1.32 bits per heavy atom. The third-order valence-corrected chi connectivity index (χ3v) is 5.90. The van der Waals surface area contributed by atoms with Crippen molar-refractivity contribution in [3.05, 3.63) is 47.5 Å². The number of nitrogens with one attached hydrogen (secondary N) is 2. The maximum Gasteiger partial charge on any atom is 0.272 e. The Balaban J connectivity index is 0.000000254. The molecule has 1 aliphatic heterocycles. The molecule has 2 aliphatic rings. The molecule has 2 amide bonds. The molecule has 1 atom stereocenters. The number of hydrogen-bond acceptors (Lipinski definition) is 6. The first kappa shape index (κ1) is 22.6. The fourth-order valence-corrected chi connectivity index (χ4v) is 3.90. The van der Waals surface area contributed by atoms with Gasteiger partial charge in [0.2, 0.25) is 5.91 Å². The van der Waals surface area contributed by atoms with Crippen molar-refractivity contribution < 1.29 is 14.4 Å². The lowest BCUT2D eigenvalue weighted by Gasteiger charge is -2.41. The highest BCUT2D eigenvalue weighted by atomic mass is 16.2. The molecule has 0 saturated heterocycles. The average molecular weight is 427 g/mol. The Bertz CT molecular complexity index is 923. The van der Waals surface area contributed by atoms with Crippen LogP contribution >= 0.6 is 0 Å². The summed E-state index contributed by atoms with van der Waals surface area (Å²) in [4.78, 5) is 41.6. The zero-order valence-electron chi connectivity index (χ0n) is 18.3. The summed E-state index contributed by atoms with van der Waals surface area (Å²) in [5.41, 5.74) is 0.631. The van der Waals surface area contributed by atoms with Crippen LogP contribution in [0, 0.1) is 0 Å². The Kier molecular flexibility index (Phi) is 7.17. The van der Waals surface area contributed by atoms with Crippen LogP contribution in [0.15, 0.2) is 30.5 Å². The van der Waals surface area contributed by atoms with E-state index in [4.69, 9.17) is 0 Å². The normalized spacial score (nSPS) is 20.6. The number of fused-ring (bicyclic) bond motifs is 1. The lowest BCUT2D eigenvalue weighted by atomic mass is 9.95. The predicted octanol–water partition coefficient (Wildman–Crippen LogP) is 1.40. The van der Waals surface area contributed by atoms with Crippen molar-refractivity contribution in [2.24, 2.45) is 0 Å². The molecule has 4 rings (SSSR count). The molecule has 1 aliphatic carbocycles. The van der Waals surface area contributed by atoms with Crippen LogP contribution in [0.1, 0.15) is 59.3 Å². The molecule has 3 heterocycles. The van der Waals surface area contributed by atoms with Gasteiger partial charge in [0.1, 0.15) is 16.9 Å². The van der Waals surface area contributed by atoms with Gasteiger partial charge in [0.05, 0.1) is 12.2 Å². The summed E-state index contributed by atoms with van der Waals surface area (Å²) in [6, 6.07) is 7.55. The molecule has 1 unspecified atom stereocenters. The number of amides is 2. The summed E-state index contributed by atoms with van der Waals surface area (Å²) in [6.45, 7) is 2.83. The summed E-state index contributed by atoms with van der Waals surface area (Å²) in [5, 5.41) is 10.2. The number of carbonyl (C=O) groups is 3. The molecule has 0 spiro atoms. The van der Waals surface area contributed by atoms with Gasteiger partial charge < -0.3 is 15.5 Å². The van der Waals surface area contributed by atoms with Gasteiger partial charge in [-0.25, -0.2) is 0 Å². The van der Waals surface area contributed by atoms with Crippen LogP contribution in [0.2, 0.25) is 0 Å². The van der Waals surface area contributed by atoms with Crippen LogP contribution in [-0.4, -0.2) is 63.4 Å². The number of pyridine rings is 1. The average Bonchev–Trinajstić information content (AvgIpc) is 3.43. The van der Waals surface area contributed by atoms with Crippen LogP contribution in [-0.2, 0) is 17.9 Å². The van der Waals surface area contributed by atoms with Gasteiger partial charge in [-0.15, -0.1) is 0 Å². The summed E-state index contributed by atoms with van der Waals surface area (Å²) in [7, 11) is 3.53. The van der Waals surface area contributed by atoms with E-state index >= 15 is 0 Å². The molecule has 0 bridgehead atoms. The lowest BCUT2D eigenvalue weighted by molar-refractivity contribution is -0.133. The van der Waals surface area contributed by atoms with E-state index in [1.807, 2.05) is 25.2 Å². The van der Waals surface area contributed by atoms with Gasteiger partial charge in [0.25, 0.3) is 5.91 Å². The summed E-state index contributed by atoms with van der Waals surface area (Å²) >= 11 is 0. The van der Waals surface area contributed by atoms with Crippen molar-refractivity contribution in [1.29, 1.82) is 0 Å². The lowest BCUT2D eigenvalue weighted by Crippen LogP contribution is -2.63. The van der Waals surface area contributed by atoms with E-state index in [1.165, 1.54) is 15.6 Å². The van der Waals surface area contributed by atoms with Gasteiger partial charge in [-0.2, -0.15) is 5.10 Å². The highest BCUT2D eigenvalue weighted by molar-refractivity contribution is 6.00. The van der Waals surface area contributed by atoms with Crippen LogP contribution in [0.5, 0.6) is 0 Å². The van der Waals surface area contributed by atoms with Crippen molar-refractivity contribution in [3.63, 3.8) is 0 Å². The fraction of sp³-hybridized carbons (Fsp3) is 0.500. The minimum Gasteiger partial charge on any atom is -0.351 e. The number of likely N-dealkylation sites (N-methyl/N-ethyl adjacent to an activating group) is 1. The zero-order chi connectivity index (χ0) is 22.4. The second kappa shape index (κ2) is 9.82. The number of aldehydes is 1. The quantitative estimate of drug-likeness (QED) is 0.700. The molecule has 0 aromatic carbocycles. The molecule has 1 fully saturated rings. The molecular formula is C22H30N6O3.